The first-order chi connectivity index (χ1) is 8.69. The lowest BCUT2D eigenvalue weighted by Gasteiger charge is -2.18. The Kier molecular flexibility index (Phi) is 6.39. The van der Waals surface area contributed by atoms with Crippen LogP contribution in [0.1, 0.15) is 35.7 Å². The van der Waals surface area contributed by atoms with E-state index in [9.17, 15) is 4.79 Å². The van der Waals surface area contributed by atoms with Gasteiger partial charge in [-0.1, -0.05) is 31.5 Å². The highest BCUT2D eigenvalue weighted by molar-refractivity contribution is 5.94. The van der Waals surface area contributed by atoms with Crippen molar-refractivity contribution < 1.29 is 9.53 Å². The number of nitrogens with one attached hydrogen (secondary N) is 1. The summed E-state index contributed by atoms with van der Waals surface area (Å²) >= 11 is 0. The molecule has 1 aromatic carbocycles. The van der Waals surface area contributed by atoms with Crippen molar-refractivity contribution in [3.63, 3.8) is 0 Å². The zero-order valence-corrected chi connectivity index (χ0v) is 11.1. The molecule has 4 heteroatoms. The van der Waals surface area contributed by atoms with Crippen molar-refractivity contribution in [3.8, 4) is 0 Å². The van der Waals surface area contributed by atoms with Gasteiger partial charge in [-0.15, -0.1) is 0 Å². The molecule has 0 fully saturated rings. The number of rotatable bonds is 8. The van der Waals surface area contributed by atoms with E-state index in [4.69, 9.17) is 10.5 Å². The number of carbonyl (C=O) groups is 1. The fourth-order valence-corrected chi connectivity index (χ4v) is 1.96. The highest BCUT2D eigenvalue weighted by atomic mass is 16.5. The summed E-state index contributed by atoms with van der Waals surface area (Å²) in [6.07, 6.45) is 2.14. The van der Waals surface area contributed by atoms with Crippen molar-refractivity contribution >= 4 is 5.91 Å². The Hall–Kier alpha value is -1.39. The van der Waals surface area contributed by atoms with Gasteiger partial charge in [-0.2, -0.15) is 0 Å². The maximum absolute atomic E-state index is 11.3. The topological polar surface area (TPSA) is 64.3 Å². The predicted octanol–water partition coefficient (Wildman–Crippen LogP) is 1.69. The molecule has 1 aromatic rings. The monoisotopic (exact) mass is 250 g/mol. The third kappa shape index (κ3) is 4.47. The molecule has 0 spiro atoms. The summed E-state index contributed by atoms with van der Waals surface area (Å²) < 4.78 is 5.17. The lowest BCUT2D eigenvalue weighted by molar-refractivity contribution is 0.0999. The Balaban J connectivity index is 2.63. The lowest BCUT2D eigenvalue weighted by atomic mass is 10.1. The molecule has 1 unspecified atom stereocenters. The third-order valence-corrected chi connectivity index (χ3v) is 2.87. The van der Waals surface area contributed by atoms with E-state index in [2.05, 4.69) is 12.2 Å². The summed E-state index contributed by atoms with van der Waals surface area (Å²) in [6.45, 7) is 3.45. The van der Waals surface area contributed by atoms with Crippen LogP contribution in [0.4, 0.5) is 0 Å². The fraction of sp³-hybridized carbons (Fsp3) is 0.500. The number of nitrogens with two attached hydrogens (primary N) is 1. The van der Waals surface area contributed by atoms with E-state index in [-0.39, 0.29) is 5.91 Å². The summed E-state index contributed by atoms with van der Waals surface area (Å²) in [5, 5.41) is 3.40. The molecule has 0 saturated heterocycles. The first-order valence-corrected chi connectivity index (χ1v) is 6.29. The van der Waals surface area contributed by atoms with Crippen LogP contribution in [0.3, 0.4) is 0 Å². The SMILES string of the molecule is CCCC(COC)NCc1ccccc1C(N)=O. The number of primary amides is 1. The van der Waals surface area contributed by atoms with Crippen LogP contribution in [0.5, 0.6) is 0 Å². The molecule has 0 aliphatic carbocycles. The van der Waals surface area contributed by atoms with Crippen LogP contribution in [0.2, 0.25) is 0 Å². The number of benzene rings is 1. The van der Waals surface area contributed by atoms with Gasteiger partial charge in [-0.05, 0) is 18.1 Å². The van der Waals surface area contributed by atoms with E-state index in [0.717, 1.165) is 18.4 Å². The number of hydrogen-bond donors (Lipinski definition) is 2. The van der Waals surface area contributed by atoms with Crippen molar-refractivity contribution in [1.82, 2.24) is 5.32 Å². The van der Waals surface area contributed by atoms with Crippen molar-refractivity contribution in [2.24, 2.45) is 5.73 Å². The van der Waals surface area contributed by atoms with E-state index in [0.29, 0.717) is 24.8 Å². The quantitative estimate of drug-likeness (QED) is 0.738. The van der Waals surface area contributed by atoms with Gasteiger partial charge in [0.15, 0.2) is 0 Å². The molecule has 0 aromatic heterocycles. The maximum atomic E-state index is 11.3. The maximum Gasteiger partial charge on any atom is 0.249 e. The normalized spacial score (nSPS) is 12.3. The number of methoxy groups -OCH3 is 1. The first kappa shape index (κ1) is 14.7. The molecule has 0 heterocycles. The summed E-state index contributed by atoms with van der Waals surface area (Å²) in [7, 11) is 1.70. The molecule has 1 amide bonds. The molecular weight excluding hydrogens is 228 g/mol. The largest absolute Gasteiger partial charge is 0.383 e. The van der Waals surface area contributed by atoms with E-state index in [1.54, 1.807) is 13.2 Å². The van der Waals surface area contributed by atoms with Gasteiger partial charge < -0.3 is 15.8 Å². The van der Waals surface area contributed by atoms with Crippen LogP contribution < -0.4 is 11.1 Å². The predicted molar refractivity (Wildman–Crippen MR) is 72.4 cm³/mol. The number of carbonyl (C=O) groups excluding carboxylic acids is 1. The zero-order chi connectivity index (χ0) is 13.4. The smallest absolute Gasteiger partial charge is 0.249 e. The minimum atomic E-state index is -0.383. The molecule has 1 rings (SSSR count). The van der Waals surface area contributed by atoms with Gasteiger partial charge in [0.05, 0.1) is 6.61 Å². The van der Waals surface area contributed by atoms with Crippen LogP contribution in [0.25, 0.3) is 0 Å². The lowest BCUT2D eigenvalue weighted by Crippen LogP contribution is -2.33. The standard InChI is InChI=1S/C14H22N2O2/c1-3-6-12(10-18-2)16-9-11-7-4-5-8-13(11)14(15)17/h4-5,7-8,12,16H,3,6,9-10H2,1-2H3,(H2,15,17). The minimum Gasteiger partial charge on any atom is -0.383 e. The zero-order valence-electron chi connectivity index (χ0n) is 11.1. The van der Waals surface area contributed by atoms with Gasteiger partial charge in [-0.25, -0.2) is 0 Å². The van der Waals surface area contributed by atoms with E-state index in [1.807, 2.05) is 18.2 Å². The minimum absolute atomic E-state index is 0.306. The third-order valence-electron chi connectivity index (χ3n) is 2.87. The van der Waals surface area contributed by atoms with E-state index >= 15 is 0 Å². The van der Waals surface area contributed by atoms with Gasteiger partial charge in [0.1, 0.15) is 0 Å². The molecule has 0 radical (unpaired) electrons. The van der Waals surface area contributed by atoms with Gasteiger partial charge in [-0.3, -0.25) is 4.79 Å². The highest BCUT2D eigenvalue weighted by Crippen LogP contribution is 2.08. The summed E-state index contributed by atoms with van der Waals surface area (Å²) in [4.78, 5) is 11.3. The Morgan fingerprint density at radius 3 is 2.78 bits per heavy atom. The highest BCUT2D eigenvalue weighted by Gasteiger charge is 2.10. The van der Waals surface area contributed by atoms with Gasteiger partial charge >= 0.3 is 0 Å². The average Bonchev–Trinajstić information content (AvgIpc) is 2.36. The van der Waals surface area contributed by atoms with Crippen LogP contribution in [-0.4, -0.2) is 25.7 Å². The summed E-state index contributed by atoms with van der Waals surface area (Å²) in [6, 6.07) is 7.71. The summed E-state index contributed by atoms with van der Waals surface area (Å²) in [5.41, 5.74) is 6.86. The van der Waals surface area contributed by atoms with Crippen LogP contribution >= 0.6 is 0 Å². The molecule has 1 atom stereocenters. The molecule has 0 bridgehead atoms. The molecule has 0 saturated carbocycles. The molecule has 0 aliphatic rings. The molecule has 0 aliphatic heterocycles. The van der Waals surface area contributed by atoms with Crippen molar-refractivity contribution in [2.75, 3.05) is 13.7 Å². The second-order valence-electron chi connectivity index (χ2n) is 4.34. The molecule has 18 heavy (non-hydrogen) atoms. The Morgan fingerprint density at radius 1 is 1.44 bits per heavy atom. The Labute approximate surface area is 109 Å². The Bertz CT molecular complexity index is 374. The summed E-state index contributed by atoms with van der Waals surface area (Å²) in [5.74, 6) is -0.383. The van der Waals surface area contributed by atoms with Gasteiger partial charge in [0.25, 0.3) is 0 Å². The number of hydrogen-bond acceptors (Lipinski definition) is 3. The van der Waals surface area contributed by atoms with Crippen LogP contribution in [-0.2, 0) is 11.3 Å². The van der Waals surface area contributed by atoms with Crippen molar-refractivity contribution in [2.45, 2.75) is 32.4 Å². The average molecular weight is 250 g/mol. The van der Waals surface area contributed by atoms with Gasteiger partial charge in [0, 0.05) is 25.3 Å². The molecular formula is C14H22N2O2. The number of ether oxygens (including phenoxy) is 1. The van der Waals surface area contributed by atoms with Crippen LogP contribution in [0, 0.1) is 0 Å². The van der Waals surface area contributed by atoms with Crippen molar-refractivity contribution in [3.05, 3.63) is 35.4 Å². The number of amides is 1. The van der Waals surface area contributed by atoms with Crippen molar-refractivity contribution in [1.29, 1.82) is 0 Å². The second-order valence-corrected chi connectivity index (χ2v) is 4.34. The molecule has 4 nitrogen and oxygen atoms in total. The molecule has 3 N–H and O–H groups in total. The fourth-order valence-electron chi connectivity index (χ4n) is 1.96. The first-order valence-electron chi connectivity index (χ1n) is 6.29. The Morgan fingerprint density at radius 2 is 2.17 bits per heavy atom. The second kappa shape index (κ2) is 7.84. The van der Waals surface area contributed by atoms with E-state index < -0.39 is 0 Å². The van der Waals surface area contributed by atoms with E-state index in [1.165, 1.54) is 0 Å². The van der Waals surface area contributed by atoms with Crippen LogP contribution in [0.15, 0.2) is 24.3 Å². The van der Waals surface area contributed by atoms with Gasteiger partial charge in [0.2, 0.25) is 5.91 Å². The molecule has 100 valence electrons.